The molecule has 0 amide bonds. The van der Waals surface area contributed by atoms with E-state index in [4.69, 9.17) is 28.9 Å². The second-order valence-corrected chi connectivity index (χ2v) is 8.15. The van der Waals surface area contributed by atoms with E-state index in [-0.39, 0.29) is 0 Å². The Morgan fingerprint density at radius 2 is 1.79 bits per heavy atom. The zero-order chi connectivity index (χ0) is 20.1. The van der Waals surface area contributed by atoms with Gasteiger partial charge in [-0.05, 0) is 52.0 Å². The van der Waals surface area contributed by atoms with Crippen LogP contribution in [0.3, 0.4) is 0 Å². The molecular formula is C20H24N2O6. The first-order valence-electron chi connectivity index (χ1n) is 9.31. The van der Waals surface area contributed by atoms with Gasteiger partial charge >= 0.3 is 0 Å². The number of hydrogen-bond donors (Lipinski definition) is 0. The Morgan fingerprint density at radius 1 is 1.07 bits per heavy atom. The maximum atomic E-state index is 13.1. The molecule has 0 unspecified atom stereocenters. The fourth-order valence-electron chi connectivity index (χ4n) is 3.87. The average molecular weight is 388 g/mol. The molecule has 4 rings (SSSR count). The van der Waals surface area contributed by atoms with Crippen LogP contribution < -0.4 is 0 Å². The summed E-state index contributed by atoms with van der Waals surface area (Å²) >= 11 is 0. The van der Waals surface area contributed by atoms with Crippen LogP contribution in [-0.4, -0.2) is 59.8 Å². The van der Waals surface area contributed by atoms with Gasteiger partial charge in [0.25, 0.3) is 0 Å². The fraction of sp³-hybridized carbons (Fsp3) is 0.600. The average Bonchev–Trinajstić information content (AvgIpc) is 3.23. The Hall–Kier alpha value is -2.02. The second kappa shape index (κ2) is 6.79. The van der Waals surface area contributed by atoms with Crippen molar-refractivity contribution in [1.82, 2.24) is 0 Å². The molecule has 8 heteroatoms. The molecule has 3 fully saturated rings. The molecule has 0 N–H and O–H groups in total. The number of rotatable bonds is 3. The van der Waals surface area contributed by atoms with Gasteiger partial charge in [-0.2, -0.15) is 5.26 Å². The van der Waals surface area contributed by atoms with Gasteiger partial charge in [-0.15, -0.1) is 0 Å². The highest BCUT2D eigenvalue weighted by Crippen LogP contribution is 2.41. The van der Waals surface area contributed by atoms with Crippen LogP contribution in [0.1, 0.15) is 38.8 Å². The van der Waals surface area contributed by atoms with Crippen LogP contribution >= 0.6 is 0 Å². The van der Waals surface area contributed by atoms with Crippen molar-refractivity contribution < 1.29 is 28.4 Å². The van der Waals surface area contributed by atoms with Crippen LogP contribution in [0, 0.1) is 16.5 Å². The zero-order valence-electron chi connectivity index (χ0n) is 16.3. The van der Waals surface area contributed by atoms with E-state index in [0.29, 0.717) is 17.7 Å². The van der Waals surface area contributed by atoms with Gasteiger partial charge in [-0.1, -0.05) is 0 Å². The van der Waals surface area contributed by atoms with Gasteiger partial charge in [0.05, 0.1) is 18.2 Å². The molecule has 0 aliphatic carbocycles. The van der Waals surface area contributed by atoms with Gasteiger partial charge in [-0.25, -0.2) is 4.74 Å². The van der Waals surface area contributed by atoms with Crippen LogP contribution in [0.2, 0.25) is 0 Å². The van der Waals surface area contributed by atoms with Crippen molar-refractivity contribution >= 4 is 6.21 Å². The van der Waals surface area contributed by atoms with E-state index in [0.717, 1.165) is 4.74 Å². The lowest BCUT2D eigenvalue weighted by Crippen LogP contribution is -2.47. The molecule has 0 radical (unpaired) electrons. The molecule has 3 aliphatic heterocycles. The Labute approximate surface area is 163 Å². The monoisotopic (exact) mass is 388 g/mol. The highest BCUT2D eigenvalue weighted by atomic mass is 16.8. The third kappa shape index (κ3) is 3.64. The van der Waals surface area contributed by atoms with E-state index in [1.807, 2.05) is 13.8 Å². The number of benzene rings is 1. The third-order valence-electron chi connectivity index (χ3n) is 5.06. The van der Waals surface area contributed by atoms with Gasteiger partial charge in [0.2, 0.25) is 6.04 Å². The van der Waals surface area contributed by atoms with Crippen molar-refractivity contribution in [3.05, 3.63) is 40.6 Å². The predicted octanol–water partition coefficient (Wildman–Crippen LogP) is 1.88. The summed E-state index contributed by atoms with van der Waals surface area (Å²) in [5, 5.41) is 22.1. The molecule has 0 bridgehead atoms. The Kier molecular flexibility index (Phi) is 4.68. The van der Waals surface area contributed by atoms with E-state index in [1.165, 1.54) is 6.21 Å². The number of ether oxygens (including phenoxy) is 5. The lowest BCUT2D eigenvalue weighted by atomic mass is 10.0. The summed E-state index contributed by atoms with van der Waals surface area (Å²) in [7, 11) is 0. The molecule has 150 valence electrons. The molecule has 0 spiro atoms. The summed E-state index contributed by atoms with van der Waals surface area (Å²) < 4.78 is 30.3. The molecule has 28 heavy (non-hydrogen) atoms. The van der Waals surface area contributed by atoms with E-state index in [9.17, 15) is 5.21 Å². The summed E-state index contributed by atoms with van der Waals surface area (Å²) in [5.41, 5.74) is 1.21. The molecule has 5 atom stereocenters. The number of hydroxylamine groups is 1. The summed E-state index contributed by atoms with van der Waals surface area (Å²) in [4.78, 5) is 0. The summed E-state index contributed by atoms with van der Waals surface area (Å²) in [5.74, 6) is -1.57. The van der Waals surface area contributed by atoms with Crippen molar-refractivity contribution in [1.29, 1.82) is 5.26 Å². The maximum Gasteiger partial charge on any atom is 0.222 e. The molecule has 3 aliphatic rings. The molecule has 3 saturated heterocycles. The molecular weight excluding hydrogens is 364 g/mol. The van der Waals surface area contributed by atoms with Crippen LogP contribution in [0.15, 0.2) is 24.3 Å². The van der Waals surface area contributed by atoms with E-state index >= 15 is 0 Å². The standard InChI is InChI=1S/C20H24N2O6/c1-19(2)24-11-14(26-19)16-15(17-18(25-16)28-20(3,4)27-17)22(23)10-13-7-5-12(9-21)6-8-13/h5-8,10,14-18H,11H2,1-4H3/b22-10-/t14-,15-,16-,17-,18-/m1/s1. The van der Waals surface area contributed by atoms with Crippen molar-refractivity contribution in [2.75, 3.05) is 6.61 Å². The minimum Gasteiger partial charge on any atom is -0.623 e. The highest BCUT2D eigenvalue weighted by Gasteiger charge is 2.62. The van der Waals surface area contributed by atoms with Crippen molar-refractivity contribution in [2.24, 2.45) is 0 Å². The minimum absolute atomic E-state index is 0.321. The minimum atomic E-state index is -0.833. The van der Waals surface area contributed by atoms with Crippen molar-refractivity contribution in [2.45, 2.75) is 69.9 Å². The first-order chi connectivity index (χ1) is 13.2. The molecule has 8 nitrogen and oxygen atoms in total. The van der Waals surface area contributed by atoms with Crippen LogP contribution in [0.5, 0.6) is 0 Å². The first-order valence-corrected chi connectivity index (χ1v) is 9.31. The maximum absolute atomic E-state index is 13.1. The van der Waals surface area contributed by atoms with Crippen molar-refractivity contribution in [3.63, 3.8) is 0 Å². The summed E-state index contributed by atoms with van der Waals surface area (Å²) in [6, 6.07) is 8.18. The van der Waals surface area contributed by atoms with Gasteiger partial charge in [0, 0.05) is 5.56 Å². The van der Waals surface area contributed by atoms with Gasteiger partial charge in [0.15, 0.2) is 36.3 Å². The lowest BCUT2D eigenvalue weighted by molar-refractivity contribution is -0.516. The quantitative estimate of drug-likeness (QED) is 0.338. The molecule has 1 aromatic rings. The van der Waals surface area contributed by atoms with Crippen LogP contribution in [-0.2, 0) is 23.7 Å². The highest BCUT2D eigenvalue weighted by molar-refractivity contribution is 5.76. The predicted molar refractivity (Wildman–Crippen MR) is 97.3 cm³/mol. The van der Waals surface area contributed by atoms with E-state index in [1.54, 1.807) is 38.1 Å². The normalized spacial score (nSPS) is 36.2. The zero-order valence-corrected chi connectivity index (χ0v) is 16.3. The Morgan fingerprint density at radius 3 is 2.39 bits per heavy atom. The van der Waals surface area contributed by atoms with Crippen LogP contribution in [0.4, 0.5) is 0 Å². The molecule has 1 aromatic carbocycles. The summed E-state index contributed by atoms with van der Waals surface area (Å²) in [6.45, 7) is 7.55. The molecule has 3 heterocycles. The summed E-state index contributed by atoms with van der Waals surface area (Å²) in [6.07, 6.45) is -0.713. The van der Waals surface area contributed by atoms with E-state index < -0.39 is 42.2 Å². The van der Waals surface area contributed by atoms with E-state index in [2.05, 4.69) is 6.07 Å². The topological polar surface area (TPSA) is 96.0 Å². The Balaban J connectivity index is 1.62. The first kappa shape index (κ1) is 19.3. The van der Waals surface area contributed by atoms with Gasteiger partial charge in [0.1, 0.15) is 6.10 Å². The third-order valence-corrected chi connectivity index (χ3v) is 5.06. The molecule has 0 saturated carbocycles. The lowest BCUT2D eigenvalue weighted by Gasteiger charge is -2.27. The number of hydrogen-bond acceptors (Lipinski definition) is 7. The fourth-order valence-corrected chi connectivity index (χ4v) is 3.87. The molecule has 0 aromatic heterocycles. The van der Waals surface area contributed by atoms with Gasteiger partial charge in [-0.3, -0.25) is 0 Å². The smallest absolute Gasteiger partial charge is 0.222 e. The SMILES string of the molecule is CC1(C)O[C@H]2O[C@H]([C@H]3COC(C)(C)O3)[C@@H](/[N+]([O-])=C/c3ccc(C#N)cc3)[C@H]2O1. The van der Waals surface area contributed by atoms with Crippen molar-refractivity contribution in [3.8, 4) is 6.07 Å². The second-order valence-electron chi connectivity index (χ2n) is 8.15. The van der Waals surface area contributed by atoms with Crippen LogP contribution in [0.25, 0.3) is 0 Å². The largest absolute Gasteiger partial charge is 0.623 e. The van der Waals surface area contributed by atoms with Gasteiger partial charge < -0.3 is 28.9 Å². The number of fused-ring (bicyclic) bond motifs is 1. The number of nitrogens with zero attached hydrogens (tertiary/aromatic N) is 2. The number of nitriles is 1. The Bertz CT molecular complexity index is 813.